The lowest BCUT2D eigenvalue weighted by molar-refractivity contribution is 0.0687. The highest BCUT2D eigenvalue weighted by Crippen LogP contribution is 2.22. The minimum atomic E-state index is -1.38. The third-order valence-corrected chi connectivity index (χ3v) is 2.55. The van der Waals surface area contributed by atoms with Crippen molar-refractivity contribution < 1.29 is 19.4 Å². The second kappa shape index (κ2) is 4.17. The van der Waals surface area contributed by atoms with Crippen LogP contribution in [0, 0.1) is 5.82 Å². The predicted octanol–water partition coefficient (Wildman–Crippen LogP) is 2.18. The number of hydrogen-bond acceptors (Lipinski definition) is 3. The van der Waals surface area contributed by atoms with E-state index in [9.17, 15) is 14.3 Å². The molecular weight excluding hydrogens is 295 g/mol. The summed E-state index contributed by atoms with van der Waals surface area (Å²) in [6.45, 7) is 0. The number of carboxylic acids is 1. The van der Waals surface area contributed by atoms with Crippen molar-refractivity contribution in [1.82, 2.24) is 9.78 Å². The van der Waals surface area contributed by atoms with E-state index in [1.807, 2.05) is 0 Å². The van der Waals surface area contributed by atoms with Crippen LogP contribution in [0.1, 0.15) is 10.5 Å². The zero-order chi connectivity index (χ0) is 12.6. The first-order chi connectivity index (χ1) is 7.99. The molecule has 0 bridgehead atoms. The Morgan fingerprint density at radius 1 is 1.47 bits per heavy atom. The summed E-state index contributed by atoms with van der Waals surface area (Å²) in [5.41, 5.74) is -0.480. The first-order valence-corrected chi connectivity index (χ1v) is 5.25. The van der Waals surface area contributed by atoms with Crippen molar-refractivity contribution in [2.24, 2.45) is 0 Å². The van der Waals surface area contributed by atoms with Gasteiger partial charge in [-0.2, -0.15) is 5.10 Å². The van der Waals surface area contributed by atoms with Crippen molar-refractivity contribution in [3.8, 4) is 11.4 Å². The molecule has 2 rings (SSSR count). The molecule has 0 aliphatic carbocycles. The molecule has 0 amide bonds. The van der Waals surface area contributed by atoms with Gasteiger partial charge in [-0.1, -0.05) is 15.9 Å². The number of halogens is 2. The van der Waals surface area contributed by atoms with Gasteiger partial charge in [0.2, 0.25) is 5.69 Å². The van der Waals surface area contributed by atoms with Crippen molar-refractivity contribution in [2.75, 3.05) is 0 Å². The second-order valence-electron chi connectivity index (χ2n) is 3.21. The van der Waals surface area contributed by atoms with Gasteiger partial charge >= 0.3 is 5.97 Å². The van der Waals surface area contributed by atoms with E-state index in [2.05, 4.69) is 21.0 Å². The van der Waals surface area contributed by atoms with E-state index in [0.29, 0.717) is 4.47 Å². The maximum Gasteiger partial charge on any atom is 0.360 e. The van der Waals surface area contributed by atoms with Crippen LogP contribution in [0.25, 0.3) is 5.69 Å². The second-order valence-corrected chi connectivity index (χ2v) is 4.12. The van der Waals surface area contributed by atoms with Crippen molar-refractivity contribution >= 4 is 21.9 Å². The fourth-order valence-corrected chi connectivity index (χ4v) is 1.65. The van der Waals surface area contributed by atoms with Gasteiger partial charge in [-0.25, -0.2) is 13.9 Å². The molecule has 0 atom stereocenters. The highest BCUT2D eigenvalue weighted by Gasteiger charge is 2.17. The van der Waals surface area contributed by atoms with E-state index < -0.39 is 23.2 Å². The average molecular weight is 301 g/mol. The number of rotatable bonds is 2. The third-order valence-electron chi connectivity index (χ3n) is 2.05. The van der Waals surface area contributed by atoms with Crippen LogP contribution in [0.3, 0.4) is 0 Å². The summed E-state index contributed by atoms with van der Waals surface area (Å²) in [4.78, 5) is 10.7. The standard InChI is InChI=1S/C10H6BrFN2O3/c11-5-1-2-6(12)7(3-5)14-4-8(15)9(13-14)10(16)17/h1-4,15H,(H,16,17). The van der Waals surface area contributed by atoms with E-state index >= 15 is 0 Å². The number of nitrogens with zero attached hydrogens (tertiary/aromatic N) is 2. The van der Waals surface area contributed by atoms with Crippen LogP contribution in [0.15, 0.2) is 28.9 Å². The molecule has 0 aliphatic heterocycles. The van der Waals surface area contributed by atoms with Crippen LogP contribution < -0.4 is 0 Å². The van der Waals surface area contributed by atoms with E-state index in [-0.39, 0.29) is 5.69 Å². The Morgan fingerprint density at radius 3 is 2.76 bits per heavy atom. The zero-order valence-corrected chi connectivity index (χ0v) is 9.85. The average Bonchev–Trinajstić information content (AvgIpc) is 2.64. The predicted molar refractivity (Wildman–Crippen MR) is 59.8 cm³/mol. The van der Waals surface area contributed by atoms with Crippen LogP contribution in [0.5, 0.6) is 5.75 Å². The van der Waals surface area contributed by atoms with Gasteiger partial charge in [-0.05, 0) is 18.2 Å². The molecule has 1 heterocycles. The van der Waals surface area contributed by atoms with E-state index in [1.54, 1.807) is 0 Å². The van der Waals surface area contributed by atoms with Crippen LogP contribution in [0.2, 0.25) is 0 Å². The van der Waals surface area contributed by atoms with Gasteiger partial charge in [0.15, 0.2) is 5.75 Å². The summed E-state index contributed by atoms with van der Waals surface area (Å²) in [5, 5.41) is 21.6. The zero-order valence-electron chi connectivity index (χ0n) is 8.26. The molecule has 5 nitrogen and oxygen atoms in total. The molecule has 17 heavy (non-hydrogen) atoms. The van der Waals surface area contributed by atoms with Crippen LogP contribution in [0.4, 0.5) is 4.39 Å². The van der Waals surface area contributed by atoms with Crippen LogP contribution in [-0.4, -0.2) is 26.0 Å². The van der Waals surface area contributed by atoms with Crippen molar-refractivity contribution in [3.63, 3.8) is 0 Å². The Morgan fingerprint density at radius 2 is 2.18 bits per heavy atom. The largest absolute Gasteiger partial charge is 0.504 e. The number of hydrogen-bond donors (Lipinski definition) is 2. The monoisotopic (exact) mass is 300 g/mol. The van der Waals surface area contributed by atoms with E-state index in [1.165, 1.54) is 18.2 Å². The number of aromatic nitrogens is 2. The van der Waals surface area contributed by atoms with Gasteiger partial charge in [0.25, 0.3) is 0 Å². The fraction of sp³-hybridized carbons (Fsp3) is 0. The lowest BCUT2D eigenvalue weighted by atomic mass is 10.3. The quantitative estimate of drug-likeness (QED) is 0.891. The van der Waals surface area contributed by atoms with Gasteiger partial charge < -0.3 is 10.2 Å². The van der Waals surface area contributed by atoms with Crippen LogP contribution in [-0.2, 0) is 0 Å². The number of carbonyl (C=O) groups is 1. The molecular formula is C10H6BrFN2O3. The number of aromatic hydroxyl groups is 1. The molecule has 2 N–H and O–H groups in total. The lowest BCUT2D eigenvalue weighted by Crippen LogP contribution is -2.02. The lowest BCUT2D eigenvalue weighted by Gasteiger charge is -2.02. The third kappa shape index (κ3) is 2.14. The SMILES string of the molecule is O=C(O)c1nn(-c2cc(Br)ccc2F)cc1O. The molecule has 0 spiro atoms. The molecule has 0 unspecified atom stereocenters. The van der Waals surface area contributed by atoms with Gasteiger partial charge in [0.05, 0.1) is 6.20 Å². The molecule has 0 saturated carbocycles. The van der Waals surface area contributed by atoms with Gasteiger partial charge in [-0.3, -0.25) is 0 Å². The van der Waals surface area contributed by atoms with Crippen molar-refractivity contribution in [2.45, 2.75) is 0 Å². The minimum Gasteiger partial charge on any atom is -0.504 e. The molecule has 1 aromatic carbocycles. The highest BCUT2D eigenvalue weighted by molar-refractivity contribution is 9.10. The fourth-order valence-electron chi connectivity index (χ4n) is 1.30. The Balaban J connectivity index is 2.57. The minimum absolute atomic E-state index is 0.0437. The van der Waals surface area contributed by atoms with Gasteiger partial charge in [0, 0.05) is 4.47 Å². The molecule has 0 radical (unpaired) electrons. The molecule has 0 saturated heterocycles. The summed E-state index contributed by atoms with van der Waals surface area (Å²) in [6.07, 6.45) is 1.04. The maximum absolute atomic E-state index is 13.5. The summed E-state index contributed by atoms with van der Waals surface area (Å²) < 4.78 is 15.1. The molecule has 2 aromatic rings. The summed E-state index contributed by atoms with van der Waals surface area (Å²) in [5.74, 6) is -2.47. The topological polar surface area (TPSA) is 75.3 Å². The molecule has 0 fully saturated rings. The Bertz CT molecular complexity index is 597. The van der Waals surface area contributed by atoms with Gasteiger partial charge in [0.1, 0.15) is 11.5 Å². The normalized spacial score (nSPS) is 10.5. The van der Waals surface area contributed by atoms with E-state index in [4.69, 9.17) is 5.11 Å². The molecule has 1 aromatic heterocycles. The Hall–Kier alpha value is -1.89. The van der Waals surface area contributed by atoms with Crippen LogP contribution >= 0.6 is 15.9 Å². The number of carboxylic acid groups (broad SMARTS) is 1. The first-order valence-electron chi connectivity index (χ1n) is 4.46. The molecule has 0 aliphatic rings. The first kappa shape index (κ1) is 11.6. The molecule has 7 heteroatoms. The Labute approximate surface area is 103 Å². The molecule has 88 valence electrons. The highest BCUT2D eigenvalue weighted by atomic mass is 79.9. The smallest absolute Gasteiger partial charge is 0.360 e. The number of aromatic carboxylic acids is 1. The summed E-state index contributed by atoms with van der Waals surface area (Å²) in [6, 6.07) is 4.13. The van der Waals surface area contributed by atoms with E-state index in [0.717, 1.165) is 10.9 Å². The summed E-state index contributed by atoms with van der Waals surface area (Å²) >= 11 is 3.16. The Kier molecular flexibility index (Phi) is 2.84. The number of benzene rings is 1. The van der Waals surface area contributed by atoms with Crippen molar-refractivity contribution in [1.29, 1.82) is 0 Å². The summed E-state index contributed by atoms with van der Waals surface area (Å²) in [7, 11) is 0. The maximum atomic E-state index is 13.5. The van der Waals surface area contributed by atoms with Crippen molar-refractivity contribution in [3.05, 3.63) is 40.4 Å². The van der Waals surface area contributed by atoms with Gasteiger partial charge in [-0.15, -0.1) is 0 Å².